The average Bonchev–Trinajstić information content (AvgIpc) is 3.07. The van der Waals surface area contributed by atoms with Crippen molar-refractivity contribution in [2.24, 2.45) is 0 Å². The summed E-state index contributed by atoms with van der Waals surface area (Å²) < 4.78 is 5.49. The van der Waals surface area contributed by atoms with Crippen molar-refractivity contribution in [1.82, 2.24) is 9.97 Å². The van der Waals surface area contributed by atoms with Gasteiger partial charge in [0.2, 0.25) is 0 Å². The lowest BCUT2D eigenvalue weighted by Crippen LogP contribution is -2.20. The Morgan fingerprint density at radius 1 is 1.00 bits per heavy atom. The molecule has 0 spiro atoms. The fraction of sp³-hybridized carbons (Fsp3) is 0.148. The fourth-order valence-electron chi connectivity index (χ4n) is 4.28. The largest absolute Gasteiger partial charge is 0.496 e. The molecule has 1 aliphatic heterocycles. The van der Waals surface area contributed by atoms with Gasteiger partial charge in [-0.3, -0.25) is 4.79 Å². The molecule has 1 aromatic heterocycles. The molecule has 4 aromatic rings. The topological polar surface area (TPSA) is 58.6 Å². The Kier molecular flexibility index (Phi) is 5.05. The van der Waals surface area contributed by atoms with E-state index in [0.29, 0.717) is 11.4 Å². The van der Waals surface area contributed by atoms with Gasteiger partial charge in [0.15, 0.2) is 0 Å². The zero-order chi connectivity index (χ0) is 23.1. The van der Waals surface area contributed by atoms with Gasteiger partial charge in [0, 0.05) is 36.3 Å². The van der Waals surface area contributed by atoms with Crippen LogP contribution < -0.4 is 14.5 Å². The number of anilines is 3. The highest BCUT2D eigenvalue weighted by Gasteiger charge is 2.30. The highest BCUT2D eigenvalue weighted by Crippen LogP contribution is 2.41. The van der Waals surface area contributed by atoms with Crippen LogP contribution in [-0.2, 0) is 4.79 Å². The first kappa shape index (κ1) is 20.7. The lowest BCUT2D eigenvalue weighted by Gasteiger charge is -2.21. The van der Waals surface area contributed by atoms with E-state index < -0.39 is 0 Å². The number of hydrogen-bond acceptors (Lipinski definition) is 5. The number of ether oxygens (including phenoxy) is 1. The van der Waals surface area contributed by atoms with Crippen LogP contribution in [0.5, 0.6) is 5.75 Å². The molecular weight excluding hydrogens is 412 g/mol. The van der Waals surface area contributed by atoms with E-state index in [1.807, 2.05) is 91.7 Å². The Hall–Kier alpha value is -4.19. The monoisotopic (exact) mass is 436 g/mol. The predicted molar refractivity (Wildman–Crippen MR) is 133 cm³/mol. The standard InChI is InChI=1S/C27H24N4O2/c1-17-28-23-11-7-6-10-20(23)26(29-17)30(2)19-13-14-24-21(16-19)22(27(32)31(24)3)15-18-9-5-8-12-25(18)33-4/h5-16H,1-4H3/b22-15-. The van der Waals surface area contributed by atoms with Crippen LogP contribution in [0.25, 0.3) is 22.6 Å². The molecule has 0 fully saturated rings. The maximum absolute atomic E-state index is 13.1. The van der Waals surface area contributed by atoms with Crippen molar-refractivity contribution in [3.63, 3.8) is 0 Å². The first-order valence-electron chi connectivity index (χ1n) is 10.7. The zero-order valence-corrected chi connectivity index (χ0v) is 19.0. The second-order valence-electron chi connectivity index (χ2n) is 8.04. The van der Waals surface area contributed by atoms with Gasteiger partial charge in [-0.15, -0.1) is 0 Å². The lowest BCUT2D eigenvalue weighted by molar-refractivity contribution is -0.112. The third kappa shape index (κ3) is 3.49. The second-order valence-corrected chi connectivity index (χ2v) is 8.04. The van der Waals surface area contributed by atoms with E-state index in [2.05, 4.69) is 4.98 Å². The third-order valence-corrected chi connectivity index (χ3v) is 6.01. The number of nitrogens with zero attached hydrogens (tertiary/aromatic N) is 4. The molecule has 0 saturated heterocycles. The van der Waals surface area contributed by atoms with E-state index in [4.69, 9.17) is 9.72 Å². The number of hydrogen-bond donors (Lipinski definition) is 0. The summed E-state index contributed by atoms with van der Waals surface area (Å²) in [4.78, 5) is 26.1. The number of rotatable bonds is 4. The number of likely N-dealkylation sites (N-methyl/N-ethyl adjacent to an activating group) is 1. The quantitative estimate of drug-likeness (QED) is 0.410. The summed E-state index contributed by atoms with van der Waals surface area (Å²) in [6.07, 6.45) is 1.90. The van der Waals surface area contributed by atoms with Crippen molar-refractivity contribution >= 4 is 45.7 Å². The van der Waals surface area contributed by atoms with Crippen LogP contribution in [-0.4, -0.2) is 37.1 Å². The highest BCUT2D eigenvalue weighted by molar-refractivity contribution is 6.36. The first-order chi connectivity index (χ1) is 16.0. The van der Waals surface area contributed by atoms with Gasteiger partial charge in [0.05, 0.1) is 23.9 Å². The normalized spacial score (nSPS) is 14.1. The molecule has 2 heterocycles. The zero-order valence-electron chi connectivity index (χ0n) is 19.0. The number of fused-ring (bicyclic) bond motifs is 2. The number of para-hydroxylation sites is 2. The van der Waals surface area contributed by atoms with E-state index in [-0.39, 0.29) is 5.91 Å². The molecule has 0 N–H and O–H groups in total. The summed E-state index contributed by atoms with van der Waals surface area (Å²) >= 11 is 0. The van der Waals surface area contributed by atoms with Gasteiger partial charge in [-0.05, 0) is 49.4 Å². The summed E-state index contributed by atoms with van der Waals surface area (Å²) in [5.74, 6) is 2.22. The number of carbonyl (C=O) groups excluding carboxylic acids is 1. The van der Waals surface area contributed by atoms with E-state index in [0.717, 1.165) is 45.0 Å². The highest BCUT2D eigenvalue weighted by atomic mass is 16.5. The van der Waals surface area contributed by atoms with Crippen molar-refractivity contribution in [2.75, 3.05) is 31.0 Å². The van der Waals surface area contributed by atoms with Crippen LogP contribution >= 0.6 is 0 Å². The minimum absolute atomic E-state index is 0.0426. The Morgan fingerprint density at radius 3 is 2.58 bits per heavy atom. The molecule has 5 rings (SSSR count). The second kappa shape index (κ2) is 8.06. The number of aromatic nitrogens is 2. The molecule has 0 aliphatic carbocycles. The van der Waals surface area contributed by atoms with Gasteiger partial charge in [0.1, 0.15) is 17.4 Å². The predicted octanol–water partition coefficient (Wildman–Crippen LogP) is 5.23. The molecule has 0 saturated carbocycles. The van der Waals surface area contributed by atoms with Crippen LogP contribution in [0.2, 0.25) is 0 Å². The van der Waals surface area contributed by atoms with Crippen LogP contribution in [0.3, 0.4) is 0 Å². The Bertz CT molecular complexity index is 1430. The average molecular weight is 437 g/mol. The molecule has 0 radical (unpaired) electrons. The van der Waals surface area contributed by atoms with Gasteiger partial charge < -0.3 is 14.5 Å². The summed E-state index contributed by atoms with van der Waals surface area (Å²) in [7, 11) is 5.42. The van der Waals surface area contributed by atoms with E-state index in [1.54, 1.807) is 19.1 Å². The maximum Gasteiger partial charge on any atom is 0.258 e. The minimum atomic E-state index is -0.0426. The lowest BCUT2D eigenvalue weighted by atomic mass is 10.0. The van der Waals surface area contributed by atoms with Crippen LogP contribution in [0, 0.1) is 6.92 Å². The van der Waals surface area contributed by atoms with Gasteiger partial charge in [0.25, 0.3) is 5.91 Å². The van der Waals surface area contributed by atoms with Gasteiger partial charge in [-0.2, -0.15) is 0 Å². The third-order valence-electron chi connectivity index (χ3n) is 6.01. The number of amides is 1. The van der Waals surface area contributed by atoms with Crippen molar-refractivity contribution in [2.45, 2.75) is 6.92 Å². The van der Waals surface area contributed by atoms with E-state index >= 15 is 0 Å². The fourth-order valence-corrected chi connectivity index (χ4v) is 4.28. The van der Waals surface area contributed by atoms with Gasteiger partial charge in [-0.1, -0.05) is 30.3 Å². The van der Waals surface area contributed by atoms with E-state index in [9.17, 15) is 4.79 Å². The molecule has 0 unspecified atom stereocenters. The molecule has 6 nitrogen and oxygen atoms in total. The summed E-state index contributed by atoms with van der Waals surface area (Å²) in [5, 5.41) is 0.976. The molecule has 33 heavy (non-hydrogen) atoms. The molecule has 1 amide bonds. The van der Waals surface area contributed by atoms with Crippen LogP contribution in [0.4, 0.5) is 17.2 Å². The number of carbonyl (C=O) groups is 1. The molecule has 0 atom stereocenters. The Balaban J connectivity index is 1.63. The van der Waals surface area contributed by atoms with Crippen LogP contribution in [0.1, 0.15) is 17.0 Å². The molecule has 164 valence electrons. The van der Waals surface area contributed by atoms with Crippen LogP contribution in [0.15, 0.2) is 66.7 Å². The maximum atomic E-state index is 13.1. The summed E-state index contributed by atoms with van der Waals surface area (Å²) in [6.45, 7) is 1.90. The summed E-state index contributed by atoms with van der Waals surface area (Å²) in [5.41, 5.74) is 5.09. The summed E-state index contributed by atoms with van der Waals surface area (Å²) in [6, 6.07) is 21.7. The van der Waals surface area contributed by atoms with E-state index in [1.165, 1.54) is 0 Å². The minimum Gasteiger partial charge on any atom is -0.496 e. The van der Waals surface area contributed by atoms with Crippen molar-refractivity contribution in [1.29, 1.82) is 0 Å². The van der Waals surface area contributed by atoms with Gasteiger partial charge in [-0.25, -0.2) is 9.97 Å². The van der Waals surface area contributed by atoms with Crippen molar-refractivity contribution in [3.8, 4) is 5.75 Å². The SMILES string of the molecule is COc1ccccc1/C=C1\C(=O)N(C)c2ccc(N(C)c3nc(C)nc4ccccc34)cc21. The Labute approximate surface area is 192 Å². The molecular formula is C27H24N4O2. The van der Waals surface area contributed by atoms with Crippen molar-refractivity contribution in [3.05, 3.63) is 83.7 Å². The number of aryl methyl sites for hydroxylation is 1. The van der Waals surface area contributed by atoms with Crippen molar-refractivity contribution < 1.29 is 9.53 Å². The van der Waals surface area contributed by atoms with Gasteiger partial charge >= 0.3 is 0 Å². The first-order valence-corrected chi connectivity index (χ1v) is 10.7. The number of methoxy groups -OCH3 is 1. The number of benzene rings is 3. The molecule has 0 bridgehead atoms. The molecule has 6 heteroatoms. The Morgan fingerprint density at radius 2 is 1.76 bits per heavy atom. The smallest absolute Gasteiger partial charge is 0.258 e. The molecule has 3 aromatic carbocycles. The molecule has 1 aliphatic rings.